The lowest BCUT2D eigenvalue weighted by Crippen LogP contribution is -1.90. The van der Waals surface area contributed by atoms with Crippen LogP contribution in [0.1, 0.15) is 5.56 Å². The normalized spacial score (nSPS) is 10.4. The SMILES string of the molecule is COc1cc(Br)ccc1-c1ccc(Br)cc1C. The molecule has 0 aliphatic carbocycles. The summed E-state index contributed by atoms with van der Waals surface area (Å²) in [5.41, 5.74) is 3.53. The molecule has 0 N–H and O–H groups in total. The van der Waals surface area contributed by atoms with Gasteiger partial charge < -0.3 is 4.74 Å². The largest absolute Gasteiger partial charge is 0.496 e. The Labute approximate surface area is 118 Å². The van der Waals surface area contributed by atoms with Crippen LogP contribution in [0.25, 0.3) is 11.1 Å². The van der Waals surface area contributed by atoms with E-state index in [4.69, 9.17) is 4.74 Å². The van der Waals surface area contributed by atoms with Crippen molar-refractivity contribution in [1.82, 2.24) is 0 Å². The topological polar surface area (TPSA) is 9.23 Å². The number of rotatable bonds is 2. The van der Waals surface area contributed by atoms with Gasteiger partial charge in [0.1, 0.15) is 5.75 Å². The van der Waals surface area contributed by atoms with Gasteiger partial charge in [-0.25, -0.2) is 0 Å². The van der Waals surface area contributed by atoms with Crippen LogP contribution in [0.5, 0.6) is 5.75 Å². The summed E-state index contributed by atoms with van der Waals surface area (Å²) < 4.78 is 7.54. The van der Waals surface area contributed by atoms with Gasteiger partial charge in [-0.1, -0.05) is 37.9 Å². The maximum atomic E-state index is 5.42. The summed E-state index contributed by atoms with van der Waals surface area (Å²) in [6.07, 6.45) is 0. The first-order valence-corrected chi connectivity index (χ1v) is 6.80. The van der Waals surface area contributed by atoms with Gasteiger partial charge in [0, 0.05) is 14.5 Å². The van der Waals surface area contributed by atoms with Gasteiger partial charge in [-0.15, -0.1) is 0 Å². The summed E-state index contributed by atoms with van der Waals surface area (Å²) in [4.78, 5) is 0. The molecule has 0 amide bonds. The molecule has 2 aromatic rings. The van der Waals surface area contributed by atoms with E-state index in [0.717, 1.165) is 20.3 Å². The Morgan fingerprint density at radius 1 is 0.882 bits per heavy atom. The van der Waals surface area contributed by atoms with Crippen LogP contribution in [0.15, 0.2) is 45.3 Å². The lowest BCUT2D eigenvalue weighted by atomic mass is 10.00. The Morgan fingerprint density at radius 2 is 1.47 bits per heavy atom. The third-order valence-corrected chi connectivity index (χ3v) is 3.63. The molecule has 0 heterocycles. The Morgan fingerprint density at radius 3 is 2.06 bits per heavy atom. The molecule has 0 spiro atoms. The first-order chi connectivity index (χ1) is 8.11. The Kier molecular flexibility index (Phi) is 3.89. The van der Waals surface area contributed by atoms with Crippen LogP contribution in [-0.2, 0) is 0 Å². The fourth-order valence-electron chi connectivity index (χ4n) is 1.82. The van der Waals surface area contributed by atoms with Crippen molar-refractivity contribution in [3.05, 3.63) is 50.9 Å². The van der Waals surface area contributed by atoms with Crippen LogP contribution in [-0.4, -0.2) is 7.11 Å². The number of methoxy groups -OCH3 is 1. The number of ether oxygens (including phenoxy) is 1. The average Bonchev–Trinajstić information content (AvgIpc) is 2.30. The van der Waals surface area contributed by atoms with E-state index in [1.807, 2.05) is 18.2 Å². The third-order valence-electron chi connectivity index (χ3n) is 2.64. The van der Waals surface area contributed by atoms with E-state index in [1.54, 1.807) is 7.11 Å². The second-order valence-corrected chi connectivity index (χ2v) is 5.64. The maximum Gasteiger partial charge on any atom is 0.127 e. The van der Waals surface area contributed by atoms with Crippen molar-refractivity contribution < 1.29 is 4.74 Å². The second-order valence-electron chi connectivity index (χ2n) is 3.80. The fourth-order valence-corrected chi connectivity index (χ4v) is 2.63. The van der Waals surface area contributed by atoms with Crippen LogP contribution in [0.3, 0.4) is 0 Å². The van der Waals surface area contributed by atoms with Gasteiger partial charge in [0.2, 0.25) is 0 Å². The molecule has 2 rings (SSSR count). The molecule has 0 atom stereocenters. The summed E-state index contributed by atoms with van der Waals surface area (Å²) in [5.74, 6) is 0.879. The van der Waals surface area contributed by atoms with Gasteiger partial charge >= 0.3 is 0 Å². The summed E-state index contributed by atoms with van der Waals surface area (Å²) in [7, 11) is 1.69. The van der Waals surface area contributed by atoms with Gasteiger partial charge in [-0.05, 0) is 48.4 Å². The molecule has 0 fully saturated rings. The Hall–Kier alpha value is -0.800. The van der Waals surface area contributed by atoms with E-state index in [1.165, 1.54) is 11.1 Å². The highest BCUT2D eigenvalue weighted by atomic mass is 79.9. The molecule has 88 valence electrons. The average molecular weight is 356 g/mol. The van der Waals surface area contributed by atoms with Crippen molar-refractivity contribution in [2.45, 2.75) is 6.92 Å². The highest BCUT2D eigenvalue weighted by Crippen LogP contribution is 2.35. The molecular weight excluding hydrogens is 344 g/mol. The smallest absolute Gasteiger partial charge is 0.127 e. The van der Waals surface area contributed by atoms with Crippen molar-refractivity contribution in [3.63, 3.8) is 0 Å². The lowest BCUT2D eigenvalue weighted by Gasteiger charge is -2.11. The van der Waals surface area contributed by atoms with E-state index in [0.29, 0.717) is 0 Å². The van der Waals surface area contributed by atoms with Crippen LogP contribution in [0.2, 0.25) is 0 Å². The molecule has 0 radical (unpaired) electrons. The van der Waals surface area contributed by atoms with Crippen molar-refractivity contribution in [2.24, 2.45) is 0 Å². The zero-order valence-electron chi connectivity index (χ0n) is 9.63. The predicted molar refractivity (Wildman–Crippen MR) is 78.6 cm³/mol. The highest BCUT2D eigenvalue weighted by molar-refractivity contribution is 9.10. The molecule has 2 aromatic carbocycles. The fraction of sp³-hybridized carbons (Fsp3) is 0.143. The number of hydrogen-bond donors (Lipinski definition) is 0. The molecule has 0 saturated heterocycles. The molecular formula is C14H12Br2O. The van der Waals surface area contributed by atoms with E-state index >= 15 is 0 Å². The van der Waals surface area contributed by atoms with Gasteiger partial charge in [0.05, 0.1) is 7.11 Å². The van der Waals surface area contributed by atoms with Crippen LogP contribution < -0.4 is 4.74 Å². The van der Waals surface area contributed by atoms with Crippen LogP contribution in [0, 0.1) is 6.92 Å². The van der Waals surface area contributed by atoms with Crippen LogP contribution >= 0.6 is 31.9 Å². The van der Waals surface area contributed by atoms with Crippen molar-refractivity contribution >= 4 is 31.9 Å². The van der Waals surface area contributed by atoms with Gasteiger partial charge in [0.25, 0.3) is 0 Å². The van der Waals surface area contributed by atoms with Crippen molar-refractivity contribution in [3.8, 4) is 16.9 Å². The molecule has 1 nitrogen and oxygen atoms in total. The number of hydrogen-bond acceptors (Lipinski definition) is 1. The maximum absolute atomic E-state index is 5.42. The molecule has 0 unspecified atom stereocenters. The van der Waals surface area contributed by atoms with E-state index in [9.17, 15) is 0 Å². The zero-order chi connectivity index (χ0) is 12.4. The molecule has 0 aliphatic rings. The molecule has 0 aromatic heterocycles. The minimum absolute atomic E-state index is 0.879. The molecule has 0 aliphatic heterocycles. The minimum atomic E-state index is 0.879. The quantitative estimate of drug-likeness (QED) is 0.719. The summed E-state index contributed by atoms with van der Waals surface area (Å²) in [5, 5.41) is 0. The van der Waals surface area contributed by atoms with E-state index < -0.39 is 0 Å². The molecule has 0 saturated carbocycles. The third kappa shape index (κ3) is 2.72. The number of halogens is 2. The van der Waals surface area contributed by atoms with Gasteiger partial charge in [-0.3, -0.25) is 0 Å². The first-order valence-electron chi connectivity index (χ1n) is 5.22. The second kappa shape index (κ2) is 5.23. The molecule has 0 bridgehead atoms. The van der Waals surface area contributed by atoms with Gasteiger partial charge in [0.15, 0.2) is 0 Å². The Bertz CT molecular complexity index is 550. The minimum Gasteiger partial charge on any atom is -0.496 e. The summed E-state index contributed by atoms with van der Waals surface area (Å²) >= 11 is 6.93. The molecule has 17 heavy (non-hydrogen) atoms. The highest BCUT2D eigenvalue weighted by Gasteiger charge is 2.08. The lowest BCUT2D eigenvalue weighted by molar-refractivity contribution is 0.416. The first kappa shape index (κ1) is 12.7. The van der Waals surface area contributed by atoms with Gasteiger partial charge in [-0.2, -0.15) is 0 Å². The van der Waals surface area contributed by atoms with Crippen molar-refractivity contribution in [2.75, 3.05) is 7.11 Å². The summed E-state index contributed by atoms with van der Waals surface area (Å²) in [6.45, 7) is 2.10. The van der Waals surface area contributed by atoms with Crippen molar-refractivity contribution in [1.29, 1.82) is 0 Å². The molecule has 3 heteroatoms. The summed E-state index contributed by atoms with van der Waals surface area (Å²) in [6, 6.07) is 12.3. The van der Waals surface area contributed by atoms with Crippen LogP contribution in [0.4, 0.5) is 0 Å². The number of benzene rings is 2. The van der Waals surface area contributed by atoms with E-state index in [-0.39, 0.29) is 0 Å². The zero-order valence-corrected chi connectivity index (χ0v) is 12.8. The number of aryl methyl sites for hydroxylation is 1. The monoisotopic (exact) mass is 354 g/mol. The standard InChI is InChI=1S/C14H12Br2O/c1-9-7-10(15)3-5-12(9)13-6-4-11(16)8-14(13)17-2/h3-8H,1-2H3. The predicted octanol–water partition coefficient (Wildman–Crippen LogP) is 5.20. The van der Waals surface area contributed by atoms with E-state index in [2.05, 4.69) is 57.0 Å². The Balaban J connectivity index is 2.60.